The first-order chi connectivity index (χ1) is 12.6. The molecule has 3 rings (SSSR count). The zero-order valence-corrected chi connectivity index (χ0v) is 14.2. The van der Waals surface area contributed by atoms with Crippen LogP contribution in [0.1, 0.15) is 23.9 Å². The molecule has 0 saturated carbocycles. The van der Waals surface area contributed by atoms with Crippen molar-refractivity contribution in [3.63, 3.8) is 0 Å². The summed E-state index contributed by atoms with van der Waals surface area (Å²) < 4.78 is 10.3. The number of furan rings is 1. The predicted molar refractivity (Wildman–Crippen MR) is 92.4 cm³/mol. The van der Waals surface area contributed by atoms with E-state index >= 15 is 0 Å². The van der Waals surface area contributed by atoms with Crippen LogP contribution in [0.4, 0.5) is 5.69 Å². The molecule has 8 heteroatoms. The molecule has 0 bridgehead atoms. The molecular formula is C18H19N3O5. The van der Waals surface area contributed by atoms with E-state index in [1.807, 2.05) is 6.92 Å². The third kappa shape index (κ3) is 3.85. The number of hydrogen-bond donors (Lipinski definition) is 2. The molecule has 26 heavy (non-hydrogen) atoms. The van der Waals surface area contributed by atoms with Gasteiger partial charge in [0.2, 0.25) is 11.8 Å². The summed E-state index contributed by atoms with van der Waals surface area (Å²) in [5, 5.41) is 0. The lowest BCUT2D eigenvalue weighted by atomic mass is 10.1. The Morgan fingerprint density at radius 3 is 2.65 bits per heavy atom. The highest BCUT2D eigenvalue weighted by Crippen LogP contribution is 2.26. The van der Waals surface area contributed by atoms with Gasteiger partial charge < -0.3 is 14.1 Å². The number of anilines is 1. The molecule has 1 saturated heterocycles. The number of hydrogen-bond acceptors (Lipinski definition) is 5. The minimum atomic E-state index is -0.559. The number of nitrogens with zero attached hydrogens (tertiary/aromatic N) is 1. The van der Waals surface area contributed by atoms with Crippen molar-refractivity contribution >= 4 is 23.4 Å². The Balaban J connectivity index is 1.56. The summed E-state index contributed by atoms with van der Waals surface area (Å²) in [7, 11) is 0. The first-order valence-corrected chi connectivity index (χ1v) is 8.25. The summed E-state index contributed by atoms with van der Waals surface area (Å²) in [6, 6.07) is 10.2. The SMILES string of the molecule is CCOc1ccc(N2C[C@H](C(=O)NNC(=O)c3ccco3)CC2=O)cc1. The third-order valence-electron chi connectivity index (χ3n) is 4.00. The van der Waals surface area contributed by atoms with E-state index < -0.39 is 17.7 Å². The average Bonchev–Trinajstić information content (AvgIpc) is 3.30. The maximum Gasteiger partial charge on any atom is 0.305 e. The van der Waals surface area contributed by atoms with Gasteiger partial charge in [-0.1, -0.05) is 0 Å². The number of benzene rings is 1. The molecule has 0 unspecified atom stereocenters. The van der Waals surface area contributed by atoms with E-state index in [4.69, 9.17) is 9.15 Å². The van der Waals surface area contributed by atoms with Gasteiger partial charge in [-0.25, -0.2) is 0 Å². The Hall–Kier alpha value is -3.29. The Labute approximate surface area is 150 Å². The standard InChI is InChI=1S/C18H19N3O5/c1-2-25-14-7-5-13(6-8-14)21-11-12(10-16(21)22)17(23)19-20-18(24)15-4-3-9-26-15/h3-9,12H,2,10-11H2,1H3,(H,19,23)(H,20,24)/t12-/m1/s1. The van der Waals surface area contributed by atoms with Gasteiger partial charge in [-0.3, -0.25) is 25.2 Å². The van der Waals surface area contributed by atoms with Crippen molar-refractivity contribution in [1.29, 1.82) is 0 Å². The molecule has 136 valence electrons. The number of nitrogens with one attached hydrogen (secondary N) is 2. The van der Waals surface area contributed by atoms with Gasteiger partial charge in [-0.05, 0) is 43.3 Å². The Morgan fingerprint density at radius 1 is 1.23 bits per heavy atom. The van der Waals surface area contributed by atoms with Crippen LogP contribution in [0.5, 0.6) is 5.75 Å². The Bertz CT molecular complexity index is 786. The van der Waals surface area contributed by atoms with Crippen molar-refractivity contribution in [1.82, 2.24) is 10.9 Å². The lowest BCUT2D eigenvalue weighted by molar-refractivity contribution is -0.126. The van der Waals surface area contributed by atoms with Crippen LogP contribution in [0.25, 0.3) is 0 Å². The van der Waals surface area contributed by atoms with E-state index in [2.05, 4.69) is 10.9 Å². The number of amides is 3. The quantitative estimate of drug-likeness (QED) is 0.790. The molecule has 1 aliphatic rings. The van der Waals surface area contributed by atoms with Gasteiger partial charge in [-0.2, -0.15) is 0 Å². The van der Waals surface area contributed by atoms with Crippen LogP contribution in [0.3, 0.4) is 0 Å². The van der Waals surface area contributed by atoms with Crippen LogP contribution in [-0.2, 0) is 9.59 Å². The summed E-state index contributed by atoms with van der Waals surface area (Å²) >= 11 is 0. The van der Waals surface area contributed by atoms with Gasteiger partial charge >= 0.3 is 5.91 Å². The van der Waals surface area contributed by atoms with Gasteiger partial charge in [0.1, 0.15) is 5.75 Å². The second-order valence-electron chi connectivity index (χ2n) is 5.75. The van der Waals surface area contributed by atoms with Crippen molar-refractivity contribution in [3.05, 3.63) is 48.4 Å². The van der Waals surface area contributed by atoms with Crippen molar-refractivity contribution in [2.75, 3.05) is 18.1 Å². The minimum Gasteiger partial charge on any atom is -0.494 e. The summed E-state index contributed by atoms with van der Waals surface area (Å²) in [6.07, 6.45) is 1.44. The van der Waals surface area contributed by atoms with Crippen LogP contribution in [0.2, 0.25) is 0 Å². The molecule has 3 amide bonds. The highest BCUT2D eigenvalue weighted by molar-refractivity contribution is 6.01. The maximum atomic E-state index is 12.2. The number of hydrazine groups is 1. The monoisotopic (exact) mass is 357 g/mol. The van der Waals surface area contributed by atoms with Crippen molar-refractivity contribution in [3.8, 4) is 5.75 Å². The summed E-state index contributed by atoms with van der Waals surface area (Å²) in [5.74, 6) is -0.873. The van der Waals surface area contributed by atoms with Crippen LogP contribution >= 0.6 is 0 Å². The topological polar surface area (TPSA) is 101 Å². The van der Waals surface area contributed by atoms with Gasteiger partial charge in [-0.15, -0.1) is 0 Å². The number of rotatable bonds is 5. The lowest BCUT2D eigenvalue weighted by Gasteiger charge is -2.17. The van der Waals surface area contributed by atoms with E-state index in [1.54, 1.807) is 35.2 Å². The van der Waals surface area contributed by atoms with Crippen LogP contribution in [-0.4, -0.2) is 30.9 Å². The van der Waals surface area contributed by atoms with Gasteiger partial charge in [0.15, 0.2) is 5.76 Å². The van der Waals surface area contributed by atoms with Crippen LogP contribution < -0.4 is 20.5 Å². The van der Waals surface area contributed by atoms with E-state index in [0.717, 1.165) is 5.75 Å². The minimum absolute atomic E-state index is 0.0790. The molecule has 8 nitrogen and oxygen atoms in total. The van der Waals surface area contributed by atoms with Crippen molar-refractivity contribution in [2.45, 2.75) is 13.3 Å². The second kappa shape index (κ2) is 7.73. The molecule has 1 aliphatic heterocycles. The van der Waals surface area contributed by atoms with E-state index in [-0.39, 0.29) is 24.6 Å². The molecule has 1 fully saturated rings. The van der Waals surface area contributed by atoms with Crippen LogP contribution in [0.15, 0.2) is 47.1 Å². The summed E-state index contributed by atoms with van der Waals surface area (Å²) in [5.41, 5.74) is 5.31. The molecule has 0 radical (unpaired) electrons. The predicted octanol–water partition coefficient (Wildman–Crippen LogP) is 1.49. The van der Waals surface area contributed by atoms with Gasteiger partial charge in [0.25, 0.3) is 0 Å². The van der Waals surface area contributed by atoms with Crippen molar-refractivity contribution in [2.24, 2.45) is 5.92 Å². The molecule has 1 aromatic carbocycles. The molecule has 1 atom stereocenters. The maximum absolute atomic E-state index is 12.2. The normalized spacial score (nSPS) is 16.4. The Kier molecular flexibility index (Phi) is 5.21. The molecule has 0 aliphatic carbocycles. The molecule has 2 aromatic rings. The lowest BCUT2D eigenvalue weighted by Crippen LogP contribution is -2.45. The highest BCUT2D eigenvalue weighted by Gasteiger charge is 2.35. The van der Waals surface area contributed by atoms with E-state index in [0.29, 0.717) is 12.3 Å². The van der Waals surface area contributed by atoms with Gasteiger partial charge in [0, 0.05) is 18.7 Å². The first-order valence-electron chi connectivity index (χ1n) is 8.25. The fourth-order valence-electron chi connectivity index (χ4n) is 2.71. The average molecular weight is 357 g/mol. The number of ether oxygens (including phenoxy) is 1. The summed E-state index contributed by atoms with van der Waals surface area (Å²) in [6.45, 7) is 2.70. The fourth-order valence-corrected chi connectivity index (χ4v) is 2.71. The number of carbonyl (C=O) groups excluding carboxylic acids is 3. The van der Waals surface area contributed by atoms with E-state index in [1.165, 1.54) is 12.3 Å². The fraction of sp³-hybridized carbons (Fsp3) is 0.278. The molecule has 1 aromatic heterocycles. The zero-order valence-electron chi connectivity index (χ0n) is 14.2. The second-order valence-corrected chi connectivity index (χ2v) is 5.75. The third-order valence-corrected chi connectivity index (χ3v) is 4.00. The van der Waals surface area contributed by atoms with Gasteiger partial charge in [0.05, 0.1) is 18.8 Å². The first kappa shape index (κ1) is 17.5. The Morgan fingerprint density at radius 2 is 2.00 bits per heavy atom. The smallest absolute Gasteiger partial charge is 0.305 e. The number of carbonyl (C=O) groups is 3. The van der Waals surface area contributed by atoms with E-state index in [9.17, 15) is 14.4 Å². The van der Waals surface area contributed by atoms with Crippen molar-refractivity contribution < 1.29 is 23.5 Å². The molecule has 2 heterocycles. The zero-order chi connectivity index (χ0) is 18.5. The summed E-state index contributed by atoms with van der Waals surface area (Å²) in [4.78, 5) is 37.8. The molecular weight excluding hydrogens is 338 g/mol. The largest absolute Gasteiger partial charge is 0.494 e. The molecule has 0 spiro atoms. The highest BCUT2D eigenvalue weighted by atomic mass is 16.5. The van der Waals surface area contributed by atoms with Crippen LogP contribution in [0, 0.1) is 5.92 Å². The molecule has 2 N–H and O–H groups in total.